The molecule has 1 heterocycles. The van der Waals surface area contributed by atoms with Gasteiger partial charge in [0.2, 0.25) is 5.76 Å². The molecule has 1 aromatic heterocycles. The first kappa shape index (κ1) is 14.4. The molecule has 1 aromatic carbocycles. The number of benzene rings is 1. The lowest BCUT2D eigenvalue weighted by atomic mass is 9.77. The van der Waals surface area contributed by atoms with Crippen LogP contribution in [-0.2, 0) is 0 Å². The van der Waals surface area contributed by atoms with E-state index in [1.54, 1.807) is 0 Å². The zero-order valence-electron chi connectivity index (χ0n) is 12.0. The SMILES string of the molecule is O=C(O)c1ccc(C(=O)NC(c2ccccc2)C2CCC2)o1. The van der Waals surface area contributed by atoms with Crippen molar-refractivity contribution in [2.75, 3.05) is 0 Å². The van der Waals surface area contributed by atoms with E-state index in [1.807, 2.05) is 30.3 Å². The number of carboxylic acid groups (broad SMARTS) is 1. The van der Waals surface area contributed by atoms with Crippen LogP contribution in [0.3, 0.4) is 0 Å². The molecule has 1 atom stereocenters. The number of carboxylic acids is 1. The third-order valence-electron chi connectivity index (χ3n) is 4.11. The van der Waals surface area contributed by atoms with Gasteiger partial charge in [0, 0.05) is 0 Å². The maximum absolute atomic E-state index is 12.3. The van der Waals surface area contributed by atoms with Gasteiger partial charge in [-0.2, -0.15) is 0 Å². The summed E-state index contributed by atoms with van der Waals surface area (Å²) in [4.78, 5) is 23.1. The molecular formula is C17H17NO4. The fourth-order valence-electron chi connectivity index (χ4n) is 2.69. The zero-order chi connectivity index (χ0) is 15.5. The van der Waals surface area contributed by atoms with Gasteiger partial charge in [-0.25, -0.2) is 4.79 Å². The number of hydrogen-bond donors (Lipinski definition) is 2. The van der Waals surface area contributed by atoms with E-state index < -0.39 is 5.97 Å². The van der Waals surface area contributed by atoms with Gasteiger partial charge in [-0.05, 0) is 36.5 Å². The maximum atomic E-state index is 12.3. The van der Waals surface area contributed by atoms with Gasteiger partial charge in [0.25, 0.3) is 5.91 Å². The number of hydrogen-bond acceptors (Lipinski definition) is 3. The Morgan fingerprint density at radius 1 is 1.09 bits per heavy atom. The van der Waals surface area contributed by atoms with Crippen molar-refractivity contribution in [2.24, 2.45) is 5.92 Å². The van der Waals surface area contributed by atoms with Gasteiger partial charge in [0.1, 0.15) is 0 Å². The van der Waals surface area contributed by atoms with E-state index in [9.17, 15) is 9.59 Å². The molecule has 2 aromatic rings. The van der Waals surface area contributed by atoms with Crippen molar-refractivity contribution in [3.8, 4) is 0 Å². The summed E-state index contributed by atoms with van der Waals surface area (Å²) in [6, 6.07) is 12.4. The molecule has 5 nitrogen and oxygen atoms in total. The van der Waals surface area contributed by atoms with Crippen molar-refractivity contribution in [1.82, 2.24) is 5.32 Å². The van der Waals surface area contributed by atoms with Gasteiger partial charge in [-0.15, -0.1) is 0 Å². The largest absolute Gasteiger partial charge is 0.475 e. The summed E-state index contributed by atoms with van der Waals surface area (Å²) in [5, 5.41) is 11.8. The predicted octanol–water partition coefficient (Wildman–Crippen LogP) is 3.25. The topological polar surface area (TPSA) is 79.5 Å². The molecular weight excluding hydrogens is 282 g/mol. The highest BCUT2D eigenvalue weighted by atomic mass is 16.4. The van der Waals surface area contributed by atoms with E-state index >= 15 is 0 Å². The lowest BCUT2D eigenvalue weighted by molar-refractivity contribution is 0.0658. The van der Waals surface area contributed by atoms with Crippen molar-refractivity contribution in [3.05, 3.63) is 59.5 Å². The molecule has 1 saturated carbocycles. The predicted molar refractivity (Wildman–Crippen MR) is 79.7 cm³/mol. The average Bonchev–Trinajstić information content (AvgIpc) is 2.95. The summed E-state index contributed by atoms with van der Waals surface area (Å²) < 4.78 is 5.06. The first-order valence-corrected chi connectivity index (χ1v) is 7.34. The Kier molecular flexibility index (Phi) is 3.96. The standard InChI is InChI=1S/C17H17NO4/c19-16(13-9-10-14(22-13)17(20)21)18-15(12-7-4-8-12)11-5-2-1-3-6-11/h1-3,5-6,9-10,12,15H,4,7-8H2,(H,18,19)(H,20,21). The quantitative estimate of drug-likeness (QED) is 0.888. The zero-order valence-corrected chi connectivity index (χ0v) is 12.0. The highest BCUT2D eigenvalue weighted by molar-refractivity contribution is 5.93. The Hall–Kier alpha value is -2.56. The summed E-state index contributed by atoms with van der Waals surface area (Å²) in [5.74, 6) is -1.35. The summed E-state index contributed by atoms with van der Waals surface area (Å²) in [7, 11) is 0. The number of nitrogens with one attached hydrogen (secondary N) is 1. The van der Waals surface area contributed by atoms with E-state index in [0.717, 1.165) is 18.4 Å². The lowest BCUT2D eigenvalue weighted by Gasteiger charge is -2.34. The lowest BCUT2D eigenvalue weighted by Crippen LogP contribution is -2.36. The number of furan rings is 1. The van der Waals surface area contributed by atoms with Crippen molar-refractivity contribution in [1.29, 1.82) is 0 Å². The van der Waals surface area contributed by atoms with E-state index in [4.69, 9.17) is 9.52 Å². The fraction of sp³-hybridized carbons (Fsp3) is 0.294. The average molecular weight is 299 g/mol. The van der Waals surface area contributed by atoms with Crippen LogP contribution in [0.25, 0.3) is 0 Å². The third kappa shape index (κ3) is 2.88. The minimum Gasteiger partial charge on any atom is -0.475 e. The molecule has 22 heavy (non-hydrogen) atoms. The maximum Gasteiger partial charge on any atom is 0.371 e. The highest BCUT2D eigenvalue weighted by Crippen LogP contribution is 2.37. The number of carbonyl (C=O) groups is 2. The van der Waals surface area contributed by atoms with E-state index in [1.165, 1.54) is 18.6 Å². The van der Waals surface area contributed by atoms with Crippen molar-refractivity contribution in [2.45, 2.75) is 25.3 Å². The molecule has 3 rings (SSSR count). The molecule has 1 fully saturated rings. The smallest absolute Gasteiger partial charge is 0.371 e. The van der Waals surface area contributed by atoms with Crippen LogP contribution in [0.2, 0.25) is 0 Å². The number of carbonyl (C=O) groups excluding carboxylic acids is 1. The molecule has 5 heteroatoms. The Morgan fingerprint density at radius 3 is 2.32 bits per heavy atom. The summed E-state index contributed by atoms with van der Waals surface area (Å²) in [5.41, 5.74) is 1.06. The Morgan fingerprint density at radius 2 is 1.77 bits per heavy atom. The molecule has 1 amide bonds. The van der Waals surface area contributed by atoms with Crippen LogP contribution >= 0.6 is 0 Å². The highest BCUT2D eigenvalue weighted by Gasteiger charge is 2.30. The summed E-state index contributed by atoms with van der Waals surface area (Å²) >= 11 is 0. The van der Waals surface area contributed by atoms with Crippen LogP contribution in [0, 0.1) is 5.92 Å². The summed E-state index contributed by atoms with van der Waals surface area (Å²) in [6.45, 7) is 0. The second kappa shape index (κ2) is 6.05. The second-order valence-corrected chi connectivity index (χ2v) is 5.52. The van der Waals surface area contributed by atoms with Crippen molar-refractivity contribution in [3.63, 3.8) is 0 Å². The van der Waals surface area contributed by atoms with E-state index in [2.05, 4.69) is 5.32 Å². The first-order valence-electron chi connectivity index (χ1n) is 7.34. The van der Waals surface area contributed by atoms with Crippen molar-refractivity contribution < 1.29 is 19.1 Å². The van der Waals surface area contributed by atoms with Crippen LogP contribution in [0.5, 0.6) is 0 Å². The van der Waals surface area contributed by atoms with Gasteiger partial charge >= 0.3 is 5.97 Å². The minimum atomic E-state index is -1.18. The molecule has 2 N–H and O–H groups in total. The molecule has 1 unspecified atom stereocenters. The van der Waals surface area contributed by atoms with Crippen LogP contribution in [0.4, 0.5) is 0 Å². The van der Waals surface area contributed by atoms with Gasteiger partial charge in [0.15, 0.2) is 5.76 Å². The summed E-state index contributed by atoms with van der Waals surface area (Å²) in [6.07, 6.45) is 3.34. The number of rotatable bonds is 5. The minimum absolute atomic E-state index is 0.0256. The molecule has 0 bridgehead atoms. The van der Waals surface area contributed by atoms with E-state index in [0.29, 0.717) is 5.92 Å². The van der Waals surface area contributed by atoms with E-state index in [-0.39, 0.29) is 23.5 Å². The van der Waals surface area contributed by atoms with Gasteiger partial charge in [-0.1, -0.05) is 36.8 Å². The normalized spacial score (nSPS) is 15.8. The first-order chi connectivity index (χ1) is 10.6. The van der Waals surface area contributed by atoms with Crippen LogP contribution in [0.1, 0.15) is 52.0 Å². The monoisotopic (exact) mass is 299 g/mol. The second-order valence-electron chi connectivity index (χ2n) is 5.52. The van der Waals surface area contributed by atoms with Gasteiger partial charge < -0.3 is 14.8 Å². The molecule has 114 valence electrons. The molecule has 1 aliphatic rings. The van der Waals surface area contributed by atoms with Crippen LogP contribution in [0.15, 0.2) is 46.9 Å². The molecule has 1 aliphatic carbocycles. The Labute approximate surface area is 127 Å². The fourth-order valence-corrected chi connectivity index (χ4v) is 2.69. The van der Waals surface area contributed by atoms with Gasteiger partial charge in [-0.3, -0.25) is 4.79 Å². The molecule has 0 saturated heterocycles. The Bertz CT molecular complexity index is 673. The van der Waals surface area contributed by atoms with Crippen molar-refractivity contribution >= 4 is 11.9 Å². The number of aromatic carboxylic acids is 1. The molecule has 0 radical (unpaired) electrons. The Balaban J connectivity index is 1.77. The van der Waals surface area contributed by atoms with Crippen LogP contribution in [-0.4, -0.2) is 17.0 Å². The van der Waals surface area contributed by atoms with Gasteiger partial charge in [0.05, 0.1) is 6.04 Å². The molecule has 0 aliphatic heterocycles. The van der Waals surface area contributed by atoms with Crippen LogP contribution < -0.4 is 5.32 Å². The number of amides is 1. The third-order valence-corrected chi connectivity index (χ3v) is 4.11. The molecule has 0 spiro atoms.